The van der Waals surface area contributed by atoms with Crippen LogP contribution >= 0.6 is 0 Å². The molecule has 0 amide bonds. The van der Waals surface area contributed by atoms with Crippen molar-refractivity contribution in [2.24, 2.45) is 0 Å². The molecule has 0 nitrogen and oxygen atoms in total. The van der Waals surface area contributed by atoms with E-state index in [1.165, 1.54) is 0 Å². The Bertz CT molecular complexity index is 301. The van der Waals surface area contributed by atoms with Gasteiger partial charge in [0.2, 0.25) is 0 Å². The smallest absolute Gasteiger partial charge is 0.000697 e. The molecule has 0 heteroatoms. The third-order valence-electron chi connectivity index (χ3n) is 0.832. The molecule has 0 saturated carbocycles. The Labute approximate surface area is 74.4 Å². The first kappa shape index (κ1) is 10.2. The fraction of sp³-hybridized carbons (Fsp3) is 0.167. The molecule has 0 atom stereocenters. The maximum atomic E-state index is 2.74. The lowest BCUT2D eigenvalue weighted by Gasteiger charge is -1.60. The van der Waals surface area contributed by atoms with Crippen molar-refractivity contribution in [3.8, 4) is 35.5 Å². The van der Waals surface area contributed by atoms with Crippen LogP contribution in [-0.4, -0.2) is 0 Å². The summed E-state index contributed by atoms with van der Waals surface area (Å²) in [5.74, 6) is 16.0. The Hall–Kier alpha value is -1.84. The van der Waals surface area contributed by atoms with Crippen LogP contribution in [0.15, 0.2) is 24.3 Å². The minimum atomic E-state index is 1.74. The normalized spacial score (nSPS) is 7.83. The molecule has 0 rings (SSSR count). The van der Waals surface area contributed by atoms with E-state index in [1.54, 1.807) is 12.2 Å². The van der Waals surface area contributed by atoms with Crippen molar-refractivity contribution in [3.05, 3.63) is 24.3 Å². The third kappa shape index (κ3) is 8.16. The van der Waals surface area contributed by atoms with Gasteiger partial charge in [-0.1, -0.05) is 24.0 Å². The second-order valence-corrected chi connectivity index (χ2v) is 1.79. The van der Waals surface area contributed by atoms with Gasteiger partial charge in [0, 0.05) is 0 Å². The fourth-order valence-corrected chi connectivity index (χ4v) is 0.385. The van der Waals surface area contributed by atoms with E-state index in [9.17, 15) is 0 Å². The van der Waals surface area contributed by atoms with Gasteiger partial charge in [0.25, 0.3) is 0 Å². The highest BCUT2D eigenvalue weighted by molar-refractivity contribution is 5.38. The van der Waals surface area contributed by atoms with Crippen molar-refractivity contribution in [2.75, 3.05) is 0 Å². The van der Waals surface area contributed by atoms with Crippen LogP contribution in [0.4, 0.5) is 0 Å². The molecule has 0 fully saturated rings. The molecular weight excluding hydrogens is 144 g/mol. The first-order valence-corrected chi connectivity index (χ1v) is 3.65. The maximum Gasteiger partial charge on any atom is -0.000697 e. The van der Waals surface area contributed by atoms with Crippen LogP contribution in [0.5, 0.6) is 0 Å². The summed E-state index contributed by atoms with van der Waals surface area (Å²) in [6.45, 7) is 3.82. The molecule has 0 aliphatic heterocycles. The zero-order valence-electron chi connectivity index (χ0n) is 7.31. The number of hydrogen-bond donors (Lipinski definition) is 0. The van der Waals surface area contributed by atoms with E-state index in [4.69, 9.17) is 0 Å². The first-order chi connectivity index (χ1) is 5.91. The van der Waals surface area contributed by atoms with Crippen LogP contribution < -0.4 is 0 Å². The van der Waals surface area contributed by atoms with Crippen molar-refractivity contribution < 1.29 is 0 Å². The third-order valence-corrected chi connectivity index (χ3v) is 0.832. The van der Waals surface area contributed by atoms with Crippen molar-refractivity contribution in [1.82, 2.24) is 0 Å². The summed E-state index contributed by atoms with van der Waals surface area (Å²) >= 11 is 0. The lowest BCUT2D eigenvalue weighted by atomic mass is 10.4. The zero-order chi connectivity index (χ0) is 9.07. The van der Waals surface area contributed by atoms with Crippen molar-refractivity contribution in [1.29, 1.82) is 0 Å². The predicted molar refractivity (Wildman–Crippen MR) is 53.0 cm³/mol. The van der Waals surface area contributed by atoms with Gasteiger partial charge in [0.1, 0.15) is 0 Å². The Morgan fingerprint density at radius 2 is 1.08 bits per heavy atom. The van der Waals surface area contributed by atoms with Crippen molar-refractivity contribution >= 4 is 0 Å². The first-order valence-electron chi connectivity index (χ1n) is 3.65. The molecule has 0 unspecified atom stereocenters. The van der Waals surface area contributed by atoms with Crippen LogP contribution in [0, 0.1) is 35.5 Å². The zero-order valence-corrected chi connectivity index (χ0v) is 7.31. The molecule has 12 heavy (non-hydrogen) atoms. The fourth-order valence-electron chi connectivity index (χ4n) is 0.385. The summed E-state index contributed by atoms with van der Waals surface area (Å²) in [5.41, 5.74) is 0. The SMILES string of the molecule is C/C=C/C#CC#CC#C/C=C/C. The second kappa shape index (κ2) is 9.16. The van der Waals surface area contributed by atoms with Gasteiger partial charge < -0.3 is 0 Å². The van der Waals surface area contributed by atoms with Gasteiger partial charge in [-0.15, -0.1) is 0 Å². The van der Waals surface area contributed by atoms with Crippen LogP contribution in [0.3, 0.4) is 0 Å². The van der Waals surface area contributed by atoms with E-state index in [-0.39, 0.29) is 0 Å². The highest BCUT2D eigenvalue weighted by atomic mass is 13.6. The van der Waals surface area contributed by atoms with Gasteiger partial charge in [-0.05, 0) is 49.7 Å². The highest BCUT2D eigenvalue weighted by Crippen LogP contribution is 1.65. The molecule has 0 N–H and O–H groups in total. The molecule has 0 aliphatic carbocycles. The summed E-state index contributed by atoms with van der Waals surface area (Å²) in [4.78, 5) is 0. The van der Waals surface area contributed by atoms with Crippen LogP contribution in [0.2, 0.25) is 0 Å². The van der Waals surface area contributed by atoms with Crippen molar-refractivity contribution in [2.45, 2.75) is 13.8 Å². The largest absolute Gasteiger partial charge is 0.0792 e. The van der Waals surface area contributed by atoms with Crippen LogP contribution in [0.1, 0.15) is 13.8 Å². The van der Waals surface area contributed by atoms with Crippen molar-refractivity contribution in [3.63, 3.8) is 0 Å². The summed E-state index contributed by atoms with van der Waals surface area (Å²) in [6.07, 6.45) is 7.21. The average Bonchev–Trinajstić information content (AvgIpc) is 2.10. The van der Waals surface area contributed by atoms with Crippen LogP contribution in [-0.2, 0) is 0 Å². The van der Waals surface area contributed by atoms with Gasteiger partial charge in [-0.25, -0.2) is 0 Å². The molecule has 0 aliphatic rings. The van der Waals surface area contributed by atoms with Gasteiger partial charge >= 0.3 is 0 Å². The van der Waals surface area contributed by atoms with E-state index in [0.717, 1.165) is 0 Å². The number of hydrogen-bond acceptors (Lipinski definition) is 0. The van der Waals surface area contributed by atoms with E-state index in [0.29, 0.717) is 0 Å². The monoisotopic (exact) mass is 154 g/mol. The Balaban J connectivity index is 3.95. The summed E-state index contributed by atoms with van der Waals surface area (Å²) in [7, 11) is 0. The van der Waals surface area contributed by atoms with E-state index < -0.39 is 0 Å². The van der Waals surface area contributed by atoms with Gasteiger partial charge in [0.15, 0.2) is 0 Å². The average molecular weight is 154 g/mol. The topological polar surface area (TPSA) is 0 Å². The highest BCUT2D eigenvalue weighted by Gasteiger charge is 1.55. The molecule has 0 heterocycles. The summed E-state index contributed by atoms with van der Waals surface area (Å²) in [6, 6.07) is 0. The quantitative estimate of drug-likeness (QED) is 0.469. The molecule has 0 spiro atoms. The predicted octanol–water partition coefficient (Wildman–Crippen LogP) is 2.15. The molecule has 0 aromatic carbocycles. The summed E-state index contributed by atoms with van der Waals surface area (Å²) < 4.78 is 0. The van der Waals surface area contributed by atoms with Gasteiger partial charge in [-0.3, -0.25) is 0 Å². The van der Waals surface area contributed by atoms with E-state index >= 15 is 0 Å². The molecule has 0 aromatic rings. The molecule has 0 bridgehead atoms. The van der Waals surface area contributed by atoms with E-state index in [2.05, 4.69) is 35.5 Å². The Kier molecular flexibility index (Phi) is 7.76. The van der Waals surface area contributed by atoms with Gasteiger partial charge in [0.05, 0.1) is 0 Å². The summed E-state index contributed by atoms with van der Waals surface area (Å²) in [5, 5.41) is 0. The molecule has 0 saturated heterocycles. The van der Waals surface area contributed by atoms with Gasteiger partial charge in [-0.2, -0.15) is 0 Å². The Morgan fingerprint density at radius 3 is 1.42 bits per heavy atom. The molecule has 0 radical (unpaired) electrons. The molecule has 58 valence electrons. The Morgan fingerprint density at radius 1 is 0.667 bits per heavy atom. The standard InChI is InChI=1S/C12H10/c1-3-5-7-9-11-12-10-8-6-4-2/h3-6H,1-2H3/b5-3+,6-4+. The number of allylic oxidation sites excluding steroid dienone is 4. The molecular formula is C12H10. The minimum absolute atomic E-state index is 1.74. The van der Waals surface area contributed by atoms with E-state index in [1.807, 2.05) is 26.0 Å². The second-order valence-electron chi connectivity index (χ2n) is 1.79. The lowest BCUT2D eigenvalue weighted by Crippen LogP contribution is -1.52. The minimum Gasteiger partial charge on any atom is -0.0792 e. The lowest BCUT2D eigenvalue weighted by molar-refractivity contribution is 1.76. The molecule has 0 aromatic heterocycles. The maximum absolute atomic E-state index is 2.74. The number of rotatable bonds is 0. The van der Waals surface area contributed by atoms with Crippen LogP contribution in [0.25, 0.3) is 0 Å².